The number of benzene rings is 1. The second kappa shape index (κ2) is 7.50. The molecule has 0 atom stereocenters. The minimum Gasteiger partial charge on any atom is -1.00 e. The standard InChI is InChI=1S/C16H17N3S.ClH/c1-2-13-10-14-15(18-11-19-16(14)20-13)17-9-8-12-6-4-3-5-7-12;/h3-7,10-11H,2,8-9H2,1H3,(H,17,18,19);1H. The molecule has 3 rings (SSSR count). The van der Waals surface area contributed by atoms with Crippen LogP contribution in [-0.2, 0) is 12.8 Å². The topological polar surface area (TPSA) is 42.4 Å². The van der Waals surface area contributed by atoms with E-state index in [2.05, 4.69) is 58.6 Å². The number of aryl methyl sites for hydroxylation is 1. The molecule has 3 aromatic rings. The van der Waals surface area contributed by atoms with E-state index >= 15 is 0 Å². The van der Waals surface area contributed by atoms with E-state index in [1.54, 1.807) is 17.7 Å². The molecule has 0 saturated heterocycles. The smallest absolute Gasteiger partial charge is 0.236 e. The van der Waals surface area contributed by atoms with Gasteiger partial charge in [0.2, 0.25) is 5.82 Å². The Morgan fingerprint density at radius 2 is 1.95 bits per heavy atom. The highest BCUT2D eigenvalue weighted by Crippen LogP contribution is 2.26. The summed E-state index contributed by atoms with van der Waals surface area (Å²) in [5.41, 5.74) is 1.37. The van der Waals surface area contributed by atoms with Gasteiger partial charge in [-0.1, -0.05) is 37.3 Å². The van der Waals surface area contributed by atoms with Crippen LogP contribution in [0.5, 0.6) is 0 Å². The van der Waals surface area contributed by atoms with Gasteiger partial charge < -0.3 is 12.4 Å². The first-order chi connectivity index (χ1) is 9.86. The quantitative estimate of drug-likeness (QED) is 0.701. The Labute approximate surface area is 134 Å². The van der Waals surface area contributed by atoms with E-state index < -0.39 is 0 Å². The van der Waals surface area contributed by atoms with Crippen molar-refractivity contribution in [1.82, 2.24) is 9.97 Å². The summed E-state index contributed by atoms with van der Waals surface area (Å²) in [5.74, 6) is 1.07. The van der Waals surface area contributed by atoms with Gasteiger partial charge in [-0.25, -0.2) is 4.98 Å². The van der Waals surface area contributed by atoms with Gasteiger partial charge in [-0.3, -0.25) is 5.32 Å². The van der Waals surface area contributed by atoms with E-state index in [1.165, 1.54) is 15.8 Å². The SMILES string of the molecule is CCc1cc2c([NH2+]CCc3ccccc3)ncnc2s1.[Cl-]. The van der Waals surface area contributed by atoms with Crippen molar-refractivity contribution in [2.24, 2.45) is 0 Å². The van der Waals surface area contributed by atoms with Gasteiger partial charge in [0.1, 0.15) is 11.2 Å². The van der Waals surface area contributed by atoms with Crippen molar-refractivity contribution in [1.29, 1.82) is 0 Å². The average Bonchev–Trinajstić information content (AvgIpc) is 2.92. The van der Waals surface area contributed by atoms with Crippen LogP contribution in [0.2, 0.25) is 0 Å². The summed E-state index contributed by atoms with van der Waals surface area (Å²) in [6.45, 7) is 3.18. The Bertz CT molecular complexity index is 697. The molecule has 110 valence electrons. The van der Waals surface area contributed by atoms with Gasteiger partial charge >= 0.3 is 0 Å². The molecular weight excluding hydrogens is 302 g/mol. The number of aromatic nitrogens is 2. The highest BCUT2D eigenvalue weighted by molar-refractivity contribution is 7.18. The summed E-state index contributed by atoms with van der Waals surface area (Å²) >= 11 is 1.77. The van der Waals surface area contributed by atoms with E-state index in [-0.39, 0.29) is 12.4 Å². The first-order valence-electron chi connectivity index (χ1n) is 6.97. The Hall–Kier alpha value is -1.49. The summed E-state index contributed by atoms with van der Waals surface area (Å²) < 4.78 is 0. The molecule has 0 radical (unpaired) electrons. The third-order valence-corrected chi connectivity index (χ3v) is 4.56. The van der Waals surface area contributed by atoms with E-state index in [4.69, 9.17) is 0 Å². The van der Waals surface area contributed by atoms with Crippen molar-refractivity contribution in [2.75, 3.05) is 6.54 Å². The molecule has 2 aromatic heterocycles. The summed E-state index contributed by atoms with van der Waals surface area (Å²) in [4.78, 5) is 11.3. The second-order valence-electron chi connectivity index (χ2n) is 4.77. The lowest BCUT2D eigenvalue weighted by molar-refractivity contribution is -0.573. The van der Waals surface area contributed by atoms with Crippen LogP contribution in [0, 0.1) is 0 Å². The number of nitrogens with zero attached hydrogens (tertiary/aromatic N) is 2. The zero-order valence-electron chi connectivity index (χ0n) is 11.9. The fourth-order valence-electron chi connectivity index (χ4n) is 2.28. The van der Waals surface area contributed by atoms with Crippen LogP contribution in [0.25, 0.3) is 10.2 Å². The van der Waals surface area contributed by atoms with Crippen molar-refractivity contribution in [3.63, 3.8) is 0 Å². The molecule has 0 amide bonds. The molecule has 0 spiro atoms. The van der Waals surface area contributed by atoms with Crippen LogP contribution in [0.15, 0.2) is 42.7 Å². The molecule has 3 nitrogen and oxygen atoms in total. The summed E-state index contributed by atoms with van der Waals surface area (Å²) in [5, 5.41) is 3.42. The van der Waals surface area contributed by atoms with Gasteiger partial charge in [-0.05, 0) is 18.1 Å². The monoisotopic (exact) mass is 319 g/mol. The van der Waals surface area contributed by atoms with Crippen LogP contribution in [0.4, 0.5) is 5.82 Å². The number of halogens is 1. The van der Waals surface area contributed by atoms with Crippen LogP contribution in [0.1, 0.15) is 17.4 Å². The highest BCUT2D eigenvalue weighted by atomic mass is 35.5. The molecule has 21 heavy (non-hydrogen) atoms. The normalized spacial score (nSPS) is 10.5. The fraction of sp³-hybridized carbons (Fsp3) is 0.250. The average molecular weight is 320 g/mol. The summed E-state index contributed by atoms with van der Waals surface area (Å²) in [7, 11) is 0. The van der Waals surface area contributed by atoms with Crippen LogP contribution in [0.3, 0.4) is 0 Å². The van der Waals surface area contributed by atoms with E-state index in [9.17, 15) is 0 Å². The number of thiophene rings is 1. The molecule has 2 N–H and O–H groups in total. The van der Waals surface area contributed by atoms with Crippen molar-refractivity contribution < 1.29 is 17.7 Å². The largest absolute Gasteiger partial charge is 1.00 e. The number of nitrogens with two attached hydrogens (primary N) is 1. The molecule has 0 fully saturated rings. The lowest BCUT2D eigenvalue weighted by Gasteiger charge is -2.01. The first kappa shape index (κ1) is 15.9. The maximum Gasteiger partial charge on any atom is 0.236 e. The second-order valence-corrected chi connectivity index (χ2v) is 5.89. The Balaban J connectivity index is 0.00000161. The van der Waals surface area contributed by atoms with Crippen LogP contribution >= 0.6 is 11.3 Å². The predicted molar refractivity (Wildman–Crippen MR) is 83.4 cm³/mol. The number of hydrogen-bond donors (Lipinski definition) is 1. The highest BCUT2D eigenvalue weighted by Gasteiger charge is 2.10. The fourth-order valence-corrected chi connectivity index (χ4v) is 3.22. The van der Waals surface area contributed by atoms with Crippen molar-refractivity contribution in [2.45, 2.75) is 19.8 Å². The number of fused-ring (bicyclic) bond motifs is 1. The first-order valence-corrected chi connectivity index (χ1v) is 7.79. The van der Waals surface area contributed by atoms with E-state index in [0.29, 0.717) is 0 Å². The van der Waals surface area contributed by atoms with Crippen molar-refractivity contribution in [3.8, 4) is 0 Å². The molecule has 5 heteroatoms. The van der Waals surface area contributed by atoms with Crippen LogP contribution in [-0.4, -0.2) is 16.5 Å². The minimum absolute atomic E-state index is 0. The van der Waals surface area contributed by atoms with E-state index in [0.717, 1.165) is 30.0 Å². The van der Waals surface area contributed by atoms with E-state index in [1.807, 2.05) is 0 Å². The number of hydrogen-bond acceptors (Lipinski definition) is 3. The van der Waals surface area contributed by atoms with Gasteiger partial charge in [0.05, 0.1) is 11.9 Å². The number of quaternary nitrogens is 1. The van der Waals surface area contributed by atoms with Gasteiger partial charge in [-0.15, -0.1) is 11.3 Å². The zero-order chi connectivity index (χ0) is 13.8. The third kappa shape index (κ3) is 3.79. The molecular formula is C16H18ClN3S. The molecule has 0 unspecified atom stereocenters. The maximum absolute atomic E-state index is 4.43. The zero-order valence-corrected chi connectivity index (χ0v) is 13.5. The Kier molecular flexibility index (Phi) is 5.67. The Morgan fingerprint density at radius 3 is 2.71 bits per heavy atom. The van der Waals surface area contributed by atoms with Crippen molar-refractivity contribution >= 4 is 27.4 Å². The molecule has 2 heterocycles. The van der Waals surface area contributed by atoms with Crippen molar-refractivity contribution in [3.05, 3.63) is 53.2 Å². The predicted octanol–water partition coefficient (Wildman–Crippen LogP) is -0.305. The summed E-state index contributed by atoms with van der Waals surface area (Å²) in [6, 6.07) is 12.8. The molecule has 0 aliphatic rings. The maximum atomic E-state index is 4.43. The molecule has 0 bridgehead atoms. The Morgan fingerprint density at radius 1 is 1.14 bits per heavy atom. The van der Waals surface area contributed by atoms with Crippen LogP contribution < -0.4 is 17.7 Å². The third-order valence-electron chi connectivity index (χ3n) is 3.37. The van der Waals surface area contributed by atoms with Gasteiger partial charge in [0.15, 0.2) is 0 Å². The molecule has 0 aliphatic carbocycles. The molecule has 1 aromatic carbocycles. The van der Waals surface area contributed by atoms with Gasteiger partial charge in [-0.2, -0.15) is 4.98 Å². The molecule has 0 aliphatic heterocycles. The summed E-state index contributed by atoms with van der Waals surface area (Å²) in [6.07, 6.45) is 3.79. The van der Waals surface area contributed by atoms with Gasteiger partial charge in [0.25, 0.3) is 0 Å². The lowest BCUT2D eigenvalue weighted by atomic mass is 10.1. The number of rotatable bonds is 5. The minimum atomic E-state index is 0. The molecule has 0 saturated carbocycles. The lowest BCUT2D eigenvalue weighted by Crippen LogP contribution is -3.00. The van der Waals surface area contributed by atoms with Gasteiger partial charge in [0, 0.05) is 11.3 Å².